The van der Waals surface area contributed by atoms with Crippen LogP contribution in [0.3, 0.4) is 0 Å². The highest BCUT2D eigenvalue weighted by molar-refractivity contribution is 6.16. The molecule has 0 N–H and O–H groups in total. The van der Waals surface area contributed by atoms with Crippen molar-refractivity contribution in [3.63, 3.8) is 0 Å². The summed E-state index contributed by atoms with van der Waals surface area (Å²) in [6, 6.07) is 16.9. The summed E-state index contributed by atoms with van der Waals surface area (Å²) in [4.78, 5) is 12.2. The Labute approximate surface area is 111 Å². The minimum atomic E-state index is 0.308. The third-order valence-corrected chi connectivity index (χ3v) is 4.14. The number of hydrogen-bond acceptors (Lipinski definition) is 1. The van der Waals surface area contributed by atoms with Crippen LogP contribution in [0, 0.1) is 0 Å². The van der Waals surface area contributed by atoms with Gasteiger partial charge in [-0.25, -0.2) is 0 Å². The molecule has 19 heavy (non-hydrogen) atoms. The number of carbonyl (C=O) groups excluding carboxylic acids is 1. The standard InChI is InChI=1S/C18H14O/c19-17-7-3-5-13-9-10-15-14-6-2-1-4-12(14)8-11-16(15)18(13)17/h1-2,4,6,8-11H,3,5,7H2. The molecule has 1 aliphatic rings. The fourth-order valence-corrected chi connectivity index (χ4v) is 3.24. The molecular weight excluding hydrogens is 232 g/mol. The van der Waals surface area contributed by atoms with Crippen molar-refractivity contribution in [3.8, 4) is 0 Å². The Bertz CT molecular complexity index is 814. The second kappa shape index (κ2) is 3.92. The molecule has 1 heteroatoms. The molecule has 0 saturated heterocycles. The Hall–Kier alpha value is -2.15. The van der Waals surface area contributed by atoms with E-state index < -0.39 is 0 Å². The van der Waals surface area contributed by atoms with Gasteiger partial charge in [0, 0.05) is 12.0 Å². The van der Waals surface area contributed by atoms with Gasteiger partial charge in [0.1, 0.15) is 0 Å². The van der Waals surface area contributed by atoms with Gasteiger partial charge in [0.25, 0.3) is 0 Å². The molecule has 4 rings (SSSR count). The predicted molar refractivity (Wildman–Crippen MR) is 78.7 cm³/mol. The first kappa shape index (κ1) is 10.7. The van der Waals surface area contributed by atoms with Gasteiger partial charge in [-0.3, -0.25) is 4.79 Å². The molecule has 0 atom stereocenters. The van der Waals surface area contributed by atoms with Crippen molar-refractivity contribution < 1.29 is 4.79 Å². The molecule has 3 aromatic rings. The predicted octanol–water partition coefficient (Wildman–Crippen LogP) is 4.51. The number of aryl methyl sites for hydroxylation is 1. The number of hydrogen-bond donors (Lipinski definition) is 0. The quantitative estimate of drug-likeness (QED) is 0.533. The van der Waals surface area contributed by atoms with Gasteiger partial charge in [-0.1, -0.05) is 48.5 Å². The Kier molecular flexibility index (Phi) is 2.22. The van der Waals surface area contributed by atoms with Gasteiger partial charge in [0.15, 0.2) is 5.78 Å². The number of rotatable bonds is 0. The normalized spacial score (nSPS) is 14.8. The number of fused-ring (bicyclic) bond motifs is 5. The van der Waals surface area contributed by atoms with Gasteiger partial charge in [-0.15, -0.1) is 0 Å². The van der Waals surface area contributed by atoms with E-state index in [0.717, 1.165) is 23.8 Å². The Morgan fingerprint density at radius 1 is 0.737 bits per heavy atom. The number of ketones is 1. The van der Waals surface area contributed by atoms with Crippen LogP contribution in [-0.2, 0) is 6.42 Å². The summed E-state index contributed by atoms with van der Waals surface area (Å²) >= 11 is 0. The molecule has 0 aromatic heterocycles. The van der Waals surface area contributed by atoms with E-state index in [-0.39, 0.29) is 0 Å². The third kappa shape index (κ3) is 1.51. The van der Waals surface area contributed by atoms with Gasteiger partial charge < -0.3 is 0 Å². The van der Waals surface area contributed by atoms with Gasteiger partial charge in [-0.2, -0.15) is 0 Å². The Morgan fingerprint density at radius 2 is 1.58 bits per heavy atom. The fraction of sp³-hybridized carbons (Fsp3) is 0.167. The van der Waals surface area contributed by atoms with Crippen LogP contribution in [0.4, 0.5) is 0 Å². The number of Topliss-reactive ketones (excluding diaryl/α,β-unsaturated/α-hetero) is 1. The largest absolute Gasteiger partial charge is 0.294 e. The monoisotopic (exact) mass is 246 g/mol. The minimum Gasteiger partial charge on any atom is -0.294 e. The molecule has 0 saturated carbocycles. The molecule has 1 nitrogen and oxygen atoms in total. The van der Waals surface area contributed by atoms with Crippen molar-refractivity contribution in [2.45, 2.75) is 19.3 Å². The molecule has 0 amide bonds. The molecule has 92 valence electrons. The molecule has 0 heterocycles. The number of carbonyl (C=O) groups is 1. The molecule has 0 fully saturated rings. The van der Waals surface area contributed by atoms with E-state index in [4.69, 9.17) is 0 Å². The lowest BCUT2D eigenvalue weighted by Crippen LogP contribution is -2.11. The topological polar surface area (TPSA) is 17.1 Å². The summed E-state index contributed by atoms with van der Waals surface area (Å²) < 4.78 is 0. The lowest BCUT2D eigenvalue weighted by molar-refractivity contribution is 0.0974. The summed E-state index contributed by atoms with van der Waals surface area (Å²) in [5, 5.41) is 4.80. The molecule has 1 aliphatic carbocycles. The molecule has 0 bridgehead atoms. The molecule has 0 aliphatic heterocycles. The second-order valence-electron chi connectivity index (χ2n) is 5.26. The van der Waals surface area contributed by atoms with Gasteiger partial charge in [0.05, 0.1) is 0 Å². The van der Waals surface area contributed by atoms with Crippen molar-refractivity contribution in [1.29, 1.82) is 0 Å². The van der Waals surface area contributed by atoms with Crippen molar-refractivity contribution in [3.05, 3.63) is 59.7 Å². The van der Waals surface area contributed by atoms with E-state index in [1.165, 1.54) is 21.7 Å². The van der Waals surface area contributed by atoms with Crippen molar-refractivity contribution in [2.24, 2.45) is 0 Å². The second-order valence-corrected chi connectivity index (χ2v) is 5.26. The molecule has 0 spiro atoms. The van der Waals surface area contributed by atoms with Crippen molar-refractivity contribution >= 4 is 27.3 Å². The minimum absolute atomic E-state index is 0.308. The summed E-state index contributed by atoms with van der Waals surface area (Å²) in [7, 11) is 0. The Morgan fingerprint density at radius 3 is 2.53 bits per heavy atom. The first-order valence-electron chi connectivity index (χ1n) is 6.81. The van der Waals surface area contributed by atoms with Crippen LogP contribution >= 0.6 is 0 Å². The van der Waals surface area contributed by atoms with Crippen LogP contribution in [0.25, 0.3) is 21.5 Å². The third-order valence-electron chi connectivity index (χ3n) is 4.14. The zero-order chi connectivity index (χ0) is 12.8. The first-order chi connectivity index (χ1) is 9.34. The van der Waals surface area contributed by atoms with Gasteiger partial charge >= 0.3 is 0 Å². The summed E-state index contributed by atoms with van der Waals surface area (Å²) in [6.45, 7) is 0. The van der Waals surface area contributed by atoms with Crippen LogP contribution < -0.4 is 0 Å². The van der Waals surface area contributed by atoms with Gasteiger partial charge in [0.2, 0.25) is 0 Å². The highest BCUT2D eigenvalue weighted by Gasteiger charge is 2.20. The lowest BCUT2D eigenvalue weighted by atomic mass is 9.86. The molecule has 3 aromatic carbocycles. The summed E-state index contributed by atoms with van der Waals surface area (Å²) in [5.41, 5.74) is 2.19. The molecular formula is C18H14O. The highest BCUT2D eigenvalue weighted by Crippen LogP contribution is 2.33. The lowest BCUT2D eigenvalue weighted by Gasteiger charge is -2.17. The van der Waals surface area contributed by atoms with E-state index in [2.05, 4.69) is 48.5 Å². The number of benzene rings is 3. The maximum absolute atomic E-state index is 12.2. The van der Waals surface area contributed by atoms with Crippen molar-refractivity contribution in [1.82, 2.24) is 0 Å². The zero-order valence-corrected chi connectivity index (χ0v) is 10.6. The molecule has 0 unspecified atom stereocenters. The van der Waals surface area contributed by atoms with Crippen LogP contribution in [0.1, 0.15) is 28.8 Å². The SMILES string of the molecule is O=C1CCCc2ccc3c(ccc4ccccc43)c21. The smallest absolute Gasteiger partial charge is 0.163 e. The molecule has 0 radical (unpaired) electrons. The fourth-order valence-electron chi connectivity index (χ4n) is 3.24. The van der Waals surface area contributed by atoms with E-state index in [1.54, 1.807) is 0 Å². The average Bonchev–Trinajstić information content (AvgIpc) is 2.46. The van der Waals surface area contributed by atoms with Crippen LogP contribution in [0.15, 0.2) is 48.5 Å². The summed E-state index contributed by atoms with van der Waals surface area (Å²) in [6.07, 6.45) is 2.72. The van der Waals surface area contributed by atoms with E-state index in [0.29, 0.717) is 12.2 Å². The highest BCUT2D eigenvalue weighted by atomic mass is 16.1. The maximum atomic E-state index is 12.2. The maximum Gasteiger partial charge on any atom is 0.163 e. The van der Waals surface area contributed by atoms with Crippen LogP contribution in [0.2, 0.25) is 0 Å². The van der Waals surface area contributed by atoms with Crippen molar-refractivity contribution in [2.75, 3.05) is 0 Å². The van der Waals surface area contributed by atoms with E-state index >= 15 is 0 Å². The van der Waals surface area contributed by atoms with E-state index in [1.807, 2.05) is 0 Å². The van der Waals surface area contributed by atoms with Crippen LogP contribution in [-0.4, -0.2) is 5.78 Å². The zero-order valence-electron chi connectivity index (χ0n) is 10.6. The van der Waals surface area contributed by atoms with Crippen LogP contribution in [0.5, 0.6) is 0 Å². The summed E-state index contributed by atoms with van der Waals surface area (Å²) in [5.74, 6) is 0.308. The van der Waals surface area contributed by atoms with E-state index in [9.17, 15) is 4.79 Å². The Balaban J connectivity index is 2.18. The van der Waals surface area contributed by atoms with Gasteiger partial charge in [-0.05, 0) is 39.9 Å². The average molecular weight is 246 g/mol. The first-order valence-corrected chi connectivity index (χ1v) is 6.81.